The Balaban J connectivity index is 1.85. The van der Waals surface area contributed by atoms with Crippen molar-refractivity contribution in [1.29, 1.82) is 0 Å². The van der Waals surface area contributed by atoms with E-state index in [1.807, 2.05) is 0 Å². The smallest absolute Gasteiger partial charge is 0.344 e. The fraction of sp³-hybridized carbons (Fsp3) is 0.167. The molecular weight excluding hydrogens is 333 g/mol. The number of anilines is 2. The molecule has 0 saturated heterocycles. The third kappa shape index (κ3) is 4.61. The van der Waals surface area contributed by atoms with Crippen LogP contribution >= 0.6 is 23.2 Å². The van der Waals surface area contributed by atoms with Crippen LogP contribution in [0.1, 0.15) is 5.82 Å². The van der Waals surface area contributed by atoms with Gasteiger partial charge >= 0.3 is 5.97 Å². The van der Waals surface area contributed by atoms with Crippen molar-refractivity contribution in [1.82, 2.24) is 15.0 Å². The Kier molecular flexibility index (Phi) is 5.18. The zero-order valence-corrected chi connectivity index (χ0v) is 12.6. The average molecular weight is 344 g/mol. The summed E-state index contributed by atoms with van der Waals surface area (Å²) < 4.78 is 10.1. The number of aromatic nitrogens is 3. The van der Waals surface area contributed by atoms with Gasteiger partial charge < -0.3 is 20.9 Å². The first-order valence-electron chi connectivity index (χ1n) is 5.93. The maximum Gasteiger partial charge on any atom is 0.344 e. The van der Waals surface area contributed by atoms with Gasteiger partial charge in [0.05, 0.1) is 5.02 Å². The molecule has 0 atom stereocenters. The largest absolute Gasteiger partial charge is 0.480 e. The van der Waals surface area contributed by atoms with Crippen molar-refractivity contribution in [3.63, 3.8) is 0 Å². The van der Waals surface area contributed by atoms with Crippen LogP contribution in [0.25, 0.3) is 0 Å². The van der Waals surface area contributed by atoms with E-state index in [0.717, 1.165) is 0 Å². The van der Waals surface area contributed by atoms with Crippen LogP contribution in [0.5, 0.6) is 5.75 Å². The number of nitrogens with two attached hydrogens (primary N) is 2. The molecule has 1 aromatic carbocycles. The minimum absolute atomic E-state index is 0.0530. The van der Waals surface area contributed by atoms with Crippen LogP contribution in [-0.4, -0.2) is 27.5 Å². The van der Waals surface area contributed by atoms with Crippen molar-refractivity contribution in [3.8, 4) is 5.75 Å². The average Bonchev–Trinajstić information content (AvgIpc) is 2.43. The Morgan fingerprint density at radius 2 is 1.82 bits per heavy atom. The molecule has 22 heavy (non-hydrogen) atoms. The van der Waals surface area contributed by atoms with Gasteiger partial charge in [-0.2, -0.15) is 15.0 Å². The molecule has 0 saturated carbocycles. The van der Waals surface area contributed by atoms with Gasteiger partial charge in [0.15, 0.2) is 19.0 Å². The molecule has 4 N–H and O–H groups in total. The fourth-order valence-electron chi connectivity index (χ4n) is 1.44. The van der Waals surface area contributed by atoms with Crippen LogP contribution in [0.15, 0.2) is 18.2 Å². The number of nitrogens with zero attached hydrogens (tertiary/aromatic N) is 3. The van der Waals surface area contributed by atoms with Crippen molar-refractivity contribution in [2.45, 2.75) is 6.61 Å². The third-order valence-electron chi connectivity index (χ3n) is 2.32. The van der Waals surface area contributed by atoms with E-state index >= 15 is 0 Å². The quantitative estimate of drug-likeness (QED) is 0.781. The predicted molar refractivity (Wildman–Crippen MR) is 80.4 cm³/mol. The predicted octanol–water partition coefficient (Wildman–Crippen LogP) is 1.46. The van der Waals surface area contributed by atoms with Gasteiger partial charge in [-0.25, -0.2) is 4.79 Å². The highest BCUT2D eigenvalue weighted by Gasteiger charge is 2.10. The van der Waals surface area contributed by atoms with Gasteiger partial charge in [0.1, 0.15) is 5.75 Å². The molecular formula is C12H11Cl2N5O3. The highest BCUT2D eigenvalue weighted by atomic mass is 35.5. The standard InChI is InChI=1S/C12H11Cl2N5O3/c13-6-1-2-8(7(14)3-6)21-5-10(20)22-4-9-17-11(15)19-12(16)18-9/h1-3H,4-5H2,(H4,15,16,17,18,19). The number of ether oxygens (including phenoxy) is 2. The highest BCUT2D eigenvalue weighted by molar-refractivity contribution is 6.35. The van der Waals surface area contributed by atoms with Gasteiger partial charge in [-0.15, -0.1) is 0 Å². The molecule has 0 radical (unpaired) electrons. The van der Waals surface area contributed by atoms with Gasteiger partial charge in [0.25, 0.3) is 0 Å². The Morgan fingerprint density at radius 3 is 2.45 bits per heavy atom. The second kappa shape index (κ2) is 7.10. The van der Waals surface area contributed by atoms with E-state index < -0.39 is 5.97 Å². The number of esters is 1. The molecule has 0 aliphatic rings. The number of halogens is 2. The minimum atomic E-state index is -0.636. The molecule has 0 fully saturated rings. The number of carbonyl (C=O) groups is 1. The number of nitrogen functional groups attached to an aromatic ring is 2. The van der Waals surface area contributed by atoms with Crippen LogP contribution in [0.3, 0.4) is 0 Å². The first-order chi connectivity index (χ1) is 10.4. The van der Waals surface area contributed by atoms with E-state index in [2.05, 4.69) is 15.0 Å². The topological polar surface area (TPSA) is 126 Å². The molecule has 0 bridgehead atoms. The molecule has 2 rings (SSSR count). The lowest BCUT2D eigenvalue weighted by atomic mass is 10.3. The normalized spacial score (nSPS) is 10.3. The lowest BCUT2D eigenvalue weighted by Crippen LogP contribution is -2.16. The Bertz CT molecular complexity index is 678. The summed E-state index contributed by atoms with van der Waals surface area (Å²) in [4.78, 5) is 22.7. The van der Waals surface area contributed by atoms with Gasteiger partial charge in [-0.3, -0.25) is 0 Å². The summed E-state index contributed by atoms with van der Waals surface area (Å²) in [6, 6.07) is 4.63. The summed E-state index contributed by atoms with van der Waals surface area (Å²) in [5.41, 5.74) is 10.8. The van der Waals surface area contributed by atoms with Crippen molar-refractivity contribution < 1.29 is 14.3 Å². The second-order valence-electron chi connectivity index (χ2n) is 3.99. The summed E-state index contributed by atoms with van der Waals surface area (Å²) in [5.74, 6) is -0.284. The monoisotopic (exact) mass is 343 g/mol. The van der Waals surface area contributed by atoms with Gasteiger partial charge in [0.2, 0.25) is 11.9 Å². The maximum absolute atomic E-state index is 11.6. The molecule has 0 amide bonds. The summed E-state index contributed by atoms with van der Waals surface area (Å²) in [6.45, 7) is -0.537. The lowest BCUT2D eigenvalue weighted by molar-refractivity contribution is -0.147. The zero-order valence-electron chi connectivity index (χ0n) is 11.1. The third-order valence-corrected chi connectivity index (χ3v) is 2.85. The number of hydrogen-bond acceptors (Lipinski definition) is 8. The lowest BCUT2D eigenvalue weighted by Gasteiger charge is -2.08. The van der Waals surface area contributed by atoms with Crippen molar-refractivity contribution >= 4 is 41.1 Å². The number of rotatable bonds is 5. The molecule has 1 aromatic heterocycles. The van der Waals surface area contributed by atoms with Crippen molar-refractivity contribution in [2.75, 3.05) is 18.1 Å². The van der Waals surface area contributed by atoms with E-state index in [0.29, 0.717) is 15.8 Å². The molecule has 2 aromatic rings. The highest BCUT2D eigenvalue weighted by Crippen LogP contribution is 2.27. The first kappa shape index (κ1) is 16.1. The summed E-state index contributed by atoms with van der Waals surface area (Å²) in [5, 5.41) is 0.753. The molecule has 0 spiro atoms. The van der Waals surface area contributed by atoms with E-state index in [-0.39, 0.29) is 30.9 Å². The van der Waals surface area contributed by atoms with E-state index in [9.17, 15) is 4.79 Å². The number of carbonyl (C=O) groups excluding carboxylic acids is 1. The van der Waals surface area contributed by atoms with E-state index in [4.69, 9.17) is 44.1 Å². The first-order valence-corrected chi connectivity index (χ1v) is 6.69. The molecule has 0 aliphatic carbocycles. The van der Waals surface area contributed by atoms with Crippen LogP contribution in [0.4, 0.5) is 11.9 Å². The van der Waals surface area contributed by atoms with Crippen molar-refractivity contribution in [2.24, 2.45) is 0 Å². The molecule has 0 unspecified atom stereocenters. The fourth-order valence-corrected chi connectivity index (χ4v) is 1.90. The molecule has 8 nitrogen and oxygen atoms in total. The summed E-state index contributed by atoms with van der Waals surface area (Å²) >= 11 is 11.7. The SMILES string of the molecule is Nc1nc(N)nc(COC(=O)COc2ccc(Cl)cc2Cl)n1. The number of benzene rings is 1. The number of hydrogen-bond donors (Lipinski definition) is 2. The van der Waals surface area contributed by atoms with Crippen LogP contribution < -0.4 is 16.2 Å². The van der Waals surface area contributed by atoms with Crippen molar-refractivity contribution in [3.05, 3.63) is 34.1 Å². The van der Waals surface area contributed by atoms with Crippen LogP contribution in [-0.2, 0) is 16.1 Å². The molecule has 0 aliphatic heterocycles. The van der Waals surface area contributed by atoms with Gasteiger partial charge in [-0.05, 0) is 18.2 Å². The maximum atomic E-state index is 11.6. The van der Waals surface area contributed by atoms with Crippen LogP contribution in [0, 0.1) is 0 Å². The van der Waals surface area contributed by atoms with Gasteiger partial charge in [-0.1, -0.05) is 23.2 Å². The van der Waals surface area contributed by atoms with E-state index in [1.165, 1.54) is 6.07 Å². The second-order valence-corrected chi connectivity index (χ2v) is 4.84. The molecule has 116 valence electrons. The Labute approximate surface area is 135 Å². The van der Waals surface area contributed by atoms with Gasteiger partial charge in [0, 0.05) is 5.02 Å². The Hall–Kier alpha value is -2.32. The zero-order chi connectivity index (χ0) is 16.1. The summed E-state index contributed by atoms with van der Waals surface area (Å²) in [7, 11) is 0. The van der Waals surface area contributed by atoms with Crippen LogP contribution in [0.2, 0.25) is 10.0 Å². The molecule has 10 heteroatoms. The van der Waals surface area contributed by atoms with E-state index in [1.54, 1.807) is 12.1 Å². The molecule has 1 heterocycles. The minimum Gasteiger partial charge on any atom is -0.480 e. The Morgan fingerprint density at radius 1 is 1.14 bits per heavy atom. The summed E-state index contributed by atoms with van der Waals surface area (Å²) in [6.07, 6.45) is 0.